The molecule has 1 aliphatic heterocycles. The van der Waals surface area contributed by atoms with Gasteiger partial charge in [0, 0.05) is 58.4 Å². The molecule has 0 spiro atoms. The molecule has 1 fully saturated rings. The lowest BCUT2D eigenvalue weighted by atomic mass is 10.2. The predicted molar refractivity (Wildman–Crippen MR) is 99.0 cm³/mol. The van der Waals surface area contributed by atoms with Crippen LogP contribution in [-0.4, -0.2) is 72.8 Å². The third-order valence-electron chi connectivity index (χ3n) is 4.31. The molecule has 7 nitrogen and oxygen atoms in total. The number of nitrogens with zero attached hydrogens (tertiary/aromatic N) is 5. The molecule has 0 saturated carbocycles. The van der Waals surface area contributed by atoms with E-state index in [0.717, 1.165) is 64.1 Å². The minimum absolute atomic E-state index is 0.741. The van der Waals surface area contributed by atoms with Crippen LogP contribution in [0.5, 0.6) is 0 Å². The zero-order valence-corrected chi connectivity index (χ0v) is 14.8. The van der Waals surface area contributed by atoms with Crippen molar-refractivity contribution in [1.29, 1.82) is 0 Å². The molecular weight excluding hydrogens is 316 g/mol. The van der Waals surface area contributed by atoms with Crippen molar-refractivity contribution in [2.24, 2.45) is 0 Å². The summed E-state index contributed by atoms with van der Waals surface area (Å²) in [5, 5.41) is 3.39. The summed E-state index contributed by atoms with van der Waals surface area (Å²) in [6.45, 7) is 6.42. The van der Waals surface area contributed by atoms with Crippen LogP contribution >= 0.6 is 0 Å². The molecule has 1 saturated heterocycles. The van der Waals surface area contributed by atoms with E-state index in [-0.39, 0.29) is 0 Å². The Morgan fingerprint density at radius 2 is 1.96 bits per heavy atom. The highest BCUT2D eigenvalue weighted by Crippen LogP contribution is 2.10. The smallest absolute Gasteiger partial charge is 0.226 e. The van der Waals surface area contributed by atoms with Crippen molar-refractivity contribution in [1.82, 2.24) is 19.9 Å². The van der Waals surface area contributed by atoms with Crippen LogP contribution in [0.15, 0.2) is 36.8 Å². The van der Waals surface area contributed by atoms with Crippen LogP contribution < -0.4 is 10.2 Å². The first-order valence-electron chi connectivity index (χ1n) is 8.78. The van der Waals surface area contributed by atoms with E-state index in [1.165, 1.54) is 5.56 Å². The third kappa shape index (κ3) is 5.65. The van der Waals surface area contributed by atoms with Crippen molar-refractivity contribution in [2.45, 2.75) is 6.42 Å². The fraction of sp³-hybridized carbons (Fsp3) is 0.500. The molecule has 0 unspecified atom stereocenters. The monoisotopic (exact) mass is 342 g/mol. The van der Waals surface area contributed by atoms with Gasteiger partial charge >= 0.3 is 0 Å². The summed E-state index contributed by atoms with van der Waals surface area (Å²) in [5.74, 6) is 1.61. The minimum Gasteiger partial charge on any atom is -0.379 e. The SMILES string of the molecule is CN(CCc1ccncc1)c1nccc(NCCN2CCOCC2)n1. The van der Waals surface area contributed by atoms with Gasteiger partial charge in [0.25, 0.3) is 0 Å². The van der Waals surface area contributed by atoms with Crippen molar-refractivity contribution in [2.75, 3.05) is 63.2 Å². The second-order valence-corrected chi connectivity index (χ2v) is 6.15. The lowest BCUT2D eigenvalue weighted by molar-refractivity contribution is 0.0398. The van der Waals surface area contributed by atoms with E-state index in [1.54, 1.807) is 0 Å². The molecular formula is C18H26N6O. The molecule has 0 radical (unpaired) electrons. The van der Waals surface area contributed by atoms with Crippen LogP contribution in [-0.2, 0) is 11.2 Å². The van der Waals surface area contributed by atoms with Gasteiger partial charge in [-0.1, -0.05) is 0 Å². The number of likely N-dealkylation sites (N-methyl/N-ethyl adjacent to an activating group) is 1. The van der Waals surface area contributed by atoms with E-state index >= 15 is 0 Å². The van der Waals surface area contributed by atoms with E-state index in [0.29, 0.717) is 0 Å². The van der Waals surface area contributed by atoms with Crippen molar-refractivity contribution in [3.63, 3.8) is 0 Å². The summed E-state index contributed by atoms with van der Waals surface area (Å²) in [7, 11) is 2.02. The van der Waals surface area contributed by atoms with Crippen LogP contribution in [0.4, 0.5) is 11.8 Å². The molecule has 0 aromatic carbocycles. The molecule has 25 heavy (non-hydrogen) atoms. The number of morpholine rings is 1. The standard InChI is InChI=1S/C18H26N6O/c1-23(10-5-16-2-6-19-7-3-16)18-21-8-4-17(22-18)20-9-11-24-12-14-25-15-13-24/h2-4,6-8H,5,9-15H2,1H3,(H,20,21,22). The minimum atomic E-state index is 0.741. The van der Waals surface area contributed by atoms with Gasteiger partial charge in [-0.05, 0) is 30.2 Å². The summed E-state index contributed by atoms with van der Waals surface area (Å²) in [4.78, 5) is 17.5. The third-order valence-corrected chi connectivity index (χ3v) is 4.31. The second-order valence-electron chi connectivity index (χ2n) is 6.15. The Morgan fingerprint density at radius 3 is 2.76 bits per heavy atom. The number of anilines is 2. The Bertz CT molecular complexity index is 632. The summed E-state index contributed by atoms with van der Waals surface area (Å²) >= 11 is 0. The van der Waals surface area contributed by atoms with Crippen molar-refractivity contribution >= 4 is 11.8 Å². The van der Waals surface area contributed by atoms with Gasteiger partial charge in [0.1, 0.15) is 5.82 Å². The van der Waals surface area contributed by atoms with Crippen LogP contribution in [0.1, 0.15) is 5.56 Å². The van der Waals surface area contributed by atoms with Gasteiger partial charge in [0.05, 0.1) is 13.2 Å². The molecule has 2 aromatic rings. The normalized spacial score (nSPS) is 15.1. The average Bonchev–Trinajstić information content (AvgIpc) is 2.68. The first-order valence-corrected chi connectivity index (χ1v) is 8.78. The molecule has 0 aliphatic carbocycles. The molecule has 3 rings (SSSR count). The highest BCUT2D eigenvalue weighted by molar-refractivity contribution is 5.40. The molecule has 7 heteroatoms. The summed E-state index contributed by atoms with van der Waals surface area (Å²) in [6.07, 6.45) is 6.40. The first kappa shape index (κ1) is 17.6. The van der Waals surface area contributed by atoms with Crippen LogP contribution in [0, 0.1) is 0 Å². The molecule has 2 aromatic heterocycles. The Hall–Kier alpha value is -2.25. The van der Waals surface area contributed by atoms with Gasteiger partial charge in [-0.2, -0.15) is 4.98 Å². The zero-order chi connectivity index (χ0) is 17.3. The number of hydrogen-bond donors (Lipinski definition) is 1. The number of pyridine rings is 1. The lowest BCUT2D eigenvalue weighted by Gasteiger charge is -2.26. The highest BCUT2D eigenvalue weighted by Gasteiger charge is 2.10. The number of nitrogens with one attached hydrogen (secondary N) is 1. The lowest BCUT2D eigenvalue weighted by Crippen LogP contribution is -2.39. The maximum atomic E-state index is 5.37. The fourth-order valence-corrected chi connectivity index (χ4v) is 2.74. The Labute approximate surface area is 149 Å². The van der Waals surface area contributed by atoms with E-state index in [1.807, 2.05) is 43.8 Å². The number of rotatable bonds is 8. The second kappa shape index (κ2) is 9.29. The van der Waals surface area contributed by atoms with E-state index < -0.39 is 0 Å². The molecule has 3 heterocycles. The first-order chi connectivity index (χ1) is 12.3. The molecule has 0 bridgehead atoms. The number of hydrogen-bond acceptors (Lipinski definition) is 7. The highest BCUT2D eigenvalue weighted by atomic mass is 16.5. The molecule has 1 N–H and O–H groups in total. The largest absolute Gasteiger partial charge is 0.379 e. The Morgan fingerprint density at radius 1 is 1.16 bits per heavy atom. The molecule has 1 aliphatic rings. The zero-order valence-electron chi connectivity index (χ0n) is 14.8. The Balaban J connectivity index is 1.46. The molecule has 0 amide bonds. The summed E-state index contributed by atoms with van der Waals surface area (Å²) in [5.41, 5.74) is 1.27. The van der Waals surface area contributed by atoms with Gasteiger partial charge in [0.2, 0.25) is 5.95 Å². The van der Waals surface area contributed by atoms with E-state index in [2.05, 4.69) is 30.1 Å². The van der Waals surface area contributed by atoms with E-state index in [4.69, 9.17) is 4.74 Å². The van der Waals surface area contributed by atoms with Crippen LogP contribution in [0.3, 0.4) is 0 Å². The van der Waals surface area contributed by atoms with Gasteiger partial charge in [0.15, 0.2) is 0 Å². The Kier molecular flexibility index (Phi) is 6.53. The average molecular weight is 342 g/mol. The van der Waals surface area contributed by atoms with E-state index in [9.17, 15) is 0 Å². The molecule has 134 valence electrons. The predicted octanol–water partition coefficient (Wildman–Crippen LogP) is 1.29. The number of ether oxygens (including phenoxy) is 1. The number of aromatic nitrogens is 3. The van der Waals surface area contributed by atoms with Gasteiger partial charge < -0.3 is 15.0 Å². The maximum absolute atomic E-state index is 5.37. The van der Waals surface area contributed by atoms with Crippen molar-refractivity contribution in [3.8, 4) is 0 Å². The van der Waals surface area contributed by atoms with Crippen molar-refractivity contribution in [3.05, 3.63) is 42.4 Å². The topological polar surface area (TPSA) is 66.4 Å². The molecule has 0 atom stereocenters. The summed E-state index contributed by atoms with van der Waals surface area (Å²) in [6, 6.07) is 6.00. The maximum Gasteiger partial charge on any atom is 0.226 e. The van der Waals surface area contributed by atoms with Crippen molar-refractivity contribution < 1.29 is 4.74 Å². The fourth-order valence-electron chi connectivity index (χ4n) is 2.74. The summed E-state index contributed by atoms with van der Waals surface area (Å²) < 4.78 is 5.37. The van der Waals surface area contributed by atoms with Crippen LogP contribution in [0.2, 0.25) is 0 Å². The van der Waals surface area contributed by atoms with Gasteiger partial charge in [-0.15, -0.1) is 0 Å². The quantitative estimate of drug-likeness (QED) is 0.775. The van der Waals surface area contributed by atoms with Crippen LogP contribution in [0.25, 0.3) is 0 Å². The van der Waals surface area contributed by atoms with Gasteiger partial charge in [-0.25, -0.2) is 4.98 Å². The van der Waals surface area contributed by atoms with Gasteiger partial charge in [-0.3, -0.25) is 9.88 Å².